The van der Waals surface area contributed by atoms with Crippen molar-refractivity contribution in [2.24, 2.45) is 5.92 Å². The fourth-order valence-electron chi connectivity index (χ4n) is 1.87. The first-order valence-electron chi connectivity index (χ1n) is 7.09. The van der Waals surface area contributed by atoms with Crippen molar-refractivity contribution in [2.75, 3.05) is 6.54 Å². The van der Waals surface area contributed by atoms with E-state index in [-0.39, 0.29) is 17.4 Å². The van der Waals surface area contributed by atoms with Crippen molar-refractivity contribution in [1.82, 2.24) is 15.1 Å². The second-order valence-electron chi connectivity index (χ2n) is 5.23. The molecule has 0 bridgehead atoms. The van der Waals surface area contributed by atoms with Crippen molar-refractivity contribution in [3.05, 3.63) is 51.8 Å². The Balaban J connectivity index is 2.12. The molecule has 0 saturated carbocycles. The van der Waals surface area contributed by atoms with Crippen molar-refractivity contribution in [3.63, 3.8) is 0 Å². The molecule has 1 aromatic heterocycles. The molecule has 0 fully saturated rings. The summed E-state index contributed by atoms with van der Waals surface area (Å²) in [6.07, 6.45) is 0. The number of aromatic nitrogens is 2. The SMILES string of the molecule is CC(C)C(=O)NCCn1nc(-c2ccc(Cl)cc2)ccc1=O. The summed E-state index contributed by atoms with van der Waals surface area (Å²) in [5.41, 5.74) is 1.37. The molecule has 0 aliphatic rings. The van der Waals surface area contributed by atoms with E-state index >= 15 is 0 Å². The van der Waals surface area contributed by atoms with Gasteiger partial charge in [0.25, 0.3) is 5.56 Å². The third-order valence-electron chi connectivity index (χ3n) is 3.15. The first-order valence-corrected chi connectivity index (χ1v) is 7.47. The second kappa shape index (κ2) is 7.22. The Labute approximate surface area is 133 Å². The summed E-state index contributed by atoms with van der Waals surface area (Å²) in [7, 11) is 0. The molecule has 0 aliphatic carbocycles. The highest BCUT2D eigenvalue weighted by molar-refractivity contribution is 6.30. The zero-order chi connectivity index (χ0) is 16.1. The van der Waals surface area contributed by atoms with Crippen molar-refractivity contribution >= 4 is 17.5 Å². The Morgan fingerprint density at radius 3 is 2.55 bits per heavy atom. The fraction of sp³-hybridized carbons (Fsp3) is 0.312. The quantitative estimate of drug-likeness (QED) is 0.920. The van der Waals surface area contributed by atoms with E-state index in [1.807, 2.05) is 26.0 Å². The molecule has 0 aliphatic heterocycles. The molecular weight excluding hydrogens is 302 g/mol. The van der Waals surface area contributed by atoms with Crippen molar-refractivity contribution < 1.29 is 4.79 Å². The molecule has 5 nitrogen and oxygen atoms in total. The summed E-state index contributed by atoms with van der Waals surface area (Å²) < 4.78 is 1.35. The van der Waals surface area contributed by atoms with Gasteiger partial charge in [-0.05, 0) is 18.2 Å². The average Bonchev–Trinajstić information content (AvgIpc) is 2.49. The van der Waals surface area contributed by atoms with Gasteiger partial charge in [0.05, 0.1) is 12.2 Å². The third kappa shape index (κ3) is 4.18. The topological polar surface area (TPSA) is 64.0 Å². The van der Waals surface area contributed by atoms with Crippen molar-refractivity contribution in [2.45, 2.75) is 20.4 Å². The number of benzene rings is 1. The minimum absolute atomic E-state index is 0.0399. The number of hydrogen-bond acceptors (Lipinski definition) is 3. The van der Waals surface area contributed by atoms with Gasteiger partial charge in [0.2, 0.25) is 5.91 Å². The first kappa shape index (κ1) is 16.2. The monoisotopic (exact) mass is 319 g/mol. The Morgan fingerprint density at radius 1 is 1.23 bits per heavy atom. The van der Waals surface area contributed by atoms with Crippen LogP contribution in [0.5, 0.6) is 0 Å². The van der Waals surface area contributed by atoms with Crippen LogP contribution < -0.4 is 10.9 Å². The zero-order valence-corrected chi connectivity index (χ0v) is 13.3. The van der Waals surface area contributed by atoms with Crippen LogP contribution in [0.1, 0.15) is 13.8 Å². The molecule has 116 valence electrons. The molecule has 1 aromatic carbocycles. The summed E-state index contributed by atoms with van der Waals surface area (Å²) in [6, 6.07) is 10.4. The number of nitrogens with one attached hydrogen (secondary N) is 1. The molecule has 1 amide bonds. The van der Waals surface area contributed by atoms with E-state index in [0.29, 0.717) is 23.8 Å². The highest BCUT2D eigenvalue weighted by atomic mass is 35.5. The van der Waals surface area contributed by atoms with Crippen LogP contribution in [0.3, 0.4) is 0 Å². The number of nitrogens with zero attached hydrogens (tertiary/aromatic N) is 2. The van der Waals surface area contributed by atoms with Gasteiger partial charge in [0, 0.05) is 29.1 Å². The number of amides is 1. The minimum atomic E-state index is -0.198. The van der Waals surface area contributed by atoms with Gasteiger partial charge in [-0.15, -0.1) is 0 Å². The maximum absolute atomic E-state index is 11.8. The zero-order valence-electron chi connectivity index (χ0n) is 12.5. The average molecular weight is 320 g/mol. The van der Waals surface area contributed by atoms with Gasteiger partial charge < -0.3 is 5.32 Å². The standard InChI is InChI=1S/C16H18ClN3O2/c1-11(2)16(22)18-9-10-20-15(21)8-7-14(19-20)12-3-5-13(17)6-4-12/h3-8,11H,9-10H2,1-2H3,(H,18,22). The predicted molar refractivity (Wildman–Crippen MR) is 86.8 cm³/mol. The lowest BCUT2D eigenvalue weighted by Gasteiger charge is -2.10. The lowest BCUT2D eigenvalue weighted by atomic mass is 10.1. The molecule has 1 N–H and O–H groups in total. The van der Waals surface area contributed by atoms with Crippen LogP contribution in [-0.2, 0) is 11.3 Å². The van der Waals surface area contributed by atoms with Crippen LogP contribution >= 0.6 is 11.6 Å². The van der Waals surface area contributed by atoms with E-state index in [9.17, 15) is 9.59 Å². The molecule has 0 atom stereocenters. The molecule has 0 spiro atoms. The maximum Gasteiger partial charge on any atom is 0.266 e. The Morgan fingerprint density at radius 2 is 1.91 bits per heavy atom. The van der Waals surface area contributed by atoms with Crippen LogP contribution in [0.4, 0.5) is 0 Å². The van der Waals surface area contributed by atoms with Gasteiger partial charge in [-0.2, -0.15) is 5.10 Å². The molecular formula is C16H18ClN3O2. The van der Waals surface area contributed by atoms with Crippen LogP contribution in [0, 0.1) is 5.92 Å². The summed E-state index contributed by atoms with van der Waals surface area (Å²) >= 11 is 5.86. The second-order valence-corrected chi connectivity index (χ2v) is 5.67. The van der Waals surface area contributed by atoms with Gasteiger partial charge in [0.1, 0.15) is 0 Å². The summed E-state index contributed by atoms with van der Waals surface area (Å²) in [5, 5.41) is 7.74. The molecule has 2 aromatic rings. The summed E-state index contributed by atoms with van der Waals surface area (Å²) in [4.78, 5) is 23.3. The third-order valence-corrected chi connectivity index (χ3v) is 3.41. The van der Waals surface area contributed by atoms with E-state index in [4.69, 9.17) is 11.6 Å². The van der Waals surface area contributed by atoms with E-state index in [1.165, 1.54) is 10.7 Å². The Kier molecular flexibility index (Phi) is 5.33. The van der Waals surface area contributed by atoms with E-state index in [2.05, 4.69) is 10.4 Å². The van der Waals surface area contributed by atoms with Gasteiger partial charge in [-0.25, -0.2) is 4.68 Å². The van der Waals surface area contributed by atoms with Crippen LogP contribution in [0.15, 0.2) is 41.2 Å². The van der Waals surface area contributed by atoms with Gasteiger partial charge in [0.15, 0.2) is 0 Å². The number of carbonyl (C=O) groups is 1. The van der Waals surface area contributed by atoms with Crippen LogP contribution in [0.2, 0.25) is 5.02 Å². The maximum atomic E-state index is 11.8. The number of rotatable bonds is 5. The molecule has 2 rings (SSSR count). The van der Waals surface area contributed by atoms with Crippen LogP contribution in [-0.4, -0.2) is 22.2 Å². The van der Waals surface area contributed by atoms with E-state index < -0.39 is 0 Å². The predicted octanol–water partition coefficient (Wildman–Crippen LogP) is 2.34. The van der Waals surface area contributed by atoms with Gasteiger partial charge in [-0.1, -0.05) is 37.6 Å². The number of carbonyl (C=O) groups excluding carboxylic acids is 1. The summed E-state index contributed by atoms with van der Waals surface area (Å²) in [5.74, 6) is -0.119. The van der Waals surface area contributed by atoms with Crippen molar-refractivity contribution in [3.8, 4) is 11.3 Å². The highest BCUT2D eigenvalue weighted by Gasteiger charge is 2.07. The largest absolute Gasteiger partial charge is 0.354 e. The van der Waals surface area contributed by atoms with E-state index in [1.54, 1.807) is 18.2 Å². The van der Waals surface area contributed by atoms with Crippen molar-refractivity contribution in [1.29, 1.82) is 0 Å². The number of halogens is 1. The lowest BCUT2D eigenvalue weighted by molar-refractivity contribution is -0.124. The number of hydrogen-bond donors (Lipinski definition) is 1. The molecule has 6 heteroatoms. The molecule has 22 heavy (non-hydrogen) atoms. The van der Waals surface area contributed by atoms with Gasteiger partial charge in [-0.3, -0.25) is 9.59 Å². The lowest BCUT2D eigenvalue weighted by Crippen LogP contribution is -2.33. The van der Waals surface area contributed by atoms with E-state index in [0.717, 1.165) is 5.56 Å². The molecule has 0 radical (unpaired) electrons. The fourth-order valence-corrected chi connectivity index (χ4v) is 2.00. The Hall–Kier alpha value is -2.14. The highest BCUT2D eigenvalue weighted by Crippen LogP contribution is 2.18. The normalized spacial score (nSPS) is 10.7. The molecule has 0 saturated heterocycles. The molecule has 1 heterocycles. The Bertz CT molecular complexity index is 708. The van der Waals surface area contributed by atoms with Crippen LogP contribution in [0.25, 0.3) is 11.3 Å². The smallest absolute Gasteiger partial charge is 0.266 e. The molecule has 0 unspecified atom stereocenters. The van der Waals surface area contributed by atoms with Gasteiger partial charge >= 0.3 is 0 Å². The summed E-state index contributed by atoms with van der Waals surface area (Å²) in [6.45, 7) is 4.34. The first-order chi connectivity index (χ1) is 10.5. The minimum Gasteiger partial charge on any atom is -0.354 e.